The third kappa shape index (κ3) is 23.0. The second-order valence-electron chi connectivity index (χ2n) is 1.56. The van der Waals surface area contributed by atoms with Crippen molar-refractivity contribution < 1.29 is 27.2 Å². The molecule has 9 heteroatoms. The summed E-state index contributed by atoms with van der Waals surface area (Å²) in [6.07, 6.45) is -1.09. The number of carbonyl (C=O) groups is 1. The minimum absolute atomic E-state index is 0.329. The molecule has 0 aliphatic heterocycles. The van der Waals surface area contributed by atoms with Crippen LogP contribution in [-0.4, -0.2) is 30.0 Å². The van der Waals surface area contributed by atoms with Crippen LogP contribution in [0.25, 0.3) is 0 Å². The molecule has 0 aliphatic rings. The largest absolute Gasteiger partial charge is 0.673 e. The molecule has 3 N–H and O–H groups in total. The second-order valence-corrected chi connectivity index (χ2v) is 1.56. The van der Waals surface area contributed by atoms with Crippen molar-refractivity contribution >= 4 is 13.3 Å². The van der Waals surface area contributed by atoms with Crippen LogP contribution < -0.4 is 5.84 Å². The molecule has 0 saturated heterocycles. The first-order chi connectivity index (χ1) is 5.18. The fraction of sp³-hybridized carbons (Fsp3) is 0.667. The van der Waals surface area contributed by atoms with Gasteiger partial charge in [-0.25, -0.2) is 15.6 Å². The van der Waals surface area contributed by atoms with Crippen LogP contribution in [0.5, 0.6) is 0 Å². The number of carboxylic acid groups (broad SMARTS) is 1. The Labute approximate surface area is 66.0 Å². The van der Waals surface area contributed by atoms with E-state index in [0.717, 1.165) is 0 Å². The first-order valence-electron chi connectivity index (χ1n) is 2.81. The van der Waals surface area contributed by atoms with Gasteiger partial charge >= 0.3 is 13.3 Å². The average Bonchev–Trinajstić information content (AvgIpc) is 1.82. The Morgan fingerprint density at radius 1 is 1.50 bits per heavy atom. The number of halogens is 4. The molecule has 0 radical (unpaired) electrons. The van der Waals surface area contributed by atoms with Gasteiger partial charge in [0.2, 0.25) is 0 Å². The lowest BCUT2D eigenvalue weighted by atomic mass is 10.3. The lowest BCUT2D eigenvalue weighted by molar-refractivity contribution is 0.148. The maximum atomic E-state index is 9.75. The number of nitrogens with zero attached hydrogens (tertiary/aromatic N) is 1. The molecule has 0 aromatic rings. The summed E-state index contributed by atoms with van der Waals surface area (Å²) in [6, 6.07) is 0. The molecule has 0 bridgehead atoms. The van der Waals surface area contributed by atoms with Crippen molar-refractivity contribution in [1.29, 1.82) is 0 Å². The number of amides is 1. The normalized spacial score (nSPS) is 9.83. The molecule has 0 aromatic carbocycles. The molecule has 0 saturated carbocycles. The summed E-state index contributed by atoms with van der Waals surface area (Å²) < 4.78 is 39.0. The summed E-state index contributed by atoms with van der Waals surface area (Å²) in [4.78, 5) is 9.73. The molecule has 0 aliphatic carbocycles. The molecule has 0 unspecified atom stereocenters. The Morgan fingerprint density at radius 3 is 1.75 bits per heavy atom. The van der Waals surface area contributed by atoms with Gasteiger partial charge in [0.1, 0.15) is 0 Å². The van der Waals surface area contributed by atoms with E-state index in [1.165, 1.54) is 0 Å². The van der Waals surface area contributed by atoms with Gasteiger partial charge < -0.3 is 22.4 Å². The number of rotatable bonds is 1. The fourth-order valence-corrected chi connectivity index (χ4v) is 0.135. The molecular formula is C3H8BF4N2O2-. The maximum absolute atomic E-state index is 9.75. The molecule has 4 nitrogen and oxygen atoms in total. The first-order valence-corrected chi connectivity index (χ1v) is 2.81. The van der Waals surface area contributed by atoms with E-state index in [0.29, 0.717) is 11.6 Å². The number of hydrogen-bond donors (Lipinski definition) is 2. The van der Waals surface area contributed by atoms with E-state index >= 15 is 0 Å². The average molecular weight is 191 g/mol. The van der Waals surface area contributed by atoms with Crippen LogP contribution in [-0.2, 0) is 0 Å². The fourth-order valence-electron chi connectivity index (χ4n) is 0.135. The zero-order valence-corrected chi connectivity index (χ0v) is 6.18. The molecular weight excluding hydrogens is 183 g/mol. The van der Waals surface area contributed by atoms with Gasteiger partial charge in [-0.05, 0) is 6.92 Å². The Hall–Kier alpha value is -0.985. The van der Waals surface area contributed by atoms with Gasteiger partial charge in [-0.3, -0.25) is 0 Å². The van der Waals surface area contributed by atoms with Crippen molar-refractivity contribution in [3.8, 4) is 0 Å². The minimum Gasteiger partial charge on any atom is -0.464 e. The molecule has 0 heterocycles. The van der Waals surface area contributed by atoms with Crippen molar-refractivity contribution in [2.45, 2.75) is 6.92 Å². The SMILES string of the molecule is CCN(N)C(=O)O.F[B-](F)(F)F. The zero-order chi connectivity index (χ0) is 10.4. The third-order valence-corrected chi connectivity index (χ3v) is 0.586. The van der Waals surface area contributed by atoms with Crippen molar-refractivity contribution in [2.75, 3.05) is 6.54 Å². The number of hydrazine groups is 1. The van der Waals surface area contributed by atoms with Crippen LogP contribution in [0.4, 0.5) is 22.1 Å². The van der Waals surface area contributed by atoms with E-state index in [9.17, 15) is 22.1 Å². The quantitative estimate of drug-likeness (QED) is 0.215. The molecule has 0 atom stereocenters. The summed E-state index contributed by atoms with van der Waals surface area (Å²) >= 11 is 0. The molecule has 0 fully saturated rings. The molecule has 0 aromatic heterocycles. The summed E-state index contributed by atoms with van der Waals surface area (Å²) in [5.41, 5.74) is 0. The van der Waals surface area contributed by atoms with E-state index in [-0.39, 0.29) is 0 Å². The Balaban J connectivity index is 0. The summed E-state index contributed by atoms with van der Waals surface area (Å²) in [7, 11) is -6.00. The third-order valence-electron chi connectivity index (χ3n) is 0.586. The number of hydrogen-bond acceptors (Lipinski definition) is 2. The monoisotopic (exact) mass is 191 g/mol. The highest BCUT2D eigenvalue weighted by molar-refractivity contribution is 6.50. The van der Waals surface area contributed by atoms with Crippen LogP contribution >= 0.6 is 0 Å². The van der Waals surface area contributed by atoms with Crippen molar-refractivity contribution in [3.63, 3.8) is 0 Å². The molecule has 12 heavy (non-hydrogen) atoms. The van der Waals surface area contributed by atoms with Gasteiger partial charge in [0, 0.05) is 6.54 Å². The van der Waals surface area contributed by atoms with E-state index in [4.69, 9.17) is 10.9 Å². The van der Waals surface area contributed by atoms with Crippen LogP contribution in [0.15, 0.2) is 0 Å². The minimum atomic E-state index is -6.00. The van der Waals surface area contributed by atoms with Crippen molar-refractivity contribution in [3.05, 3.63) is 0 Å². The second kappa shape index (κ2) is 5.64. The lowest BCUT2D eigenvalue weighted by Crippen LogP contribution is -2.35. The predicted octanol–water partition coefficient (Wildman–Crippen LogP) is 1.16. The van der Waals surface area contributed by atoms with E-state index in [1.54, 1.807) is 6.92 Å². The summed E-state index contributed by atoms with van der Waals surface area (Å²) in [5.74, 6) is 4.85. The topological polar surface area (TPSA) is 66.6 Å². The summed E-state index contributed by atoms with van der Waals surface area (Å²) in [6.45, 7) is 1.99. The smallest absolute Gasteiger partial charge is 0.464 e. The molecule has 0 rings (SSSR count). The van der Waals surface area contributed by atoms with Crippen molar-refractivity contribution in [1.82, 2.24) is 5.01 Å². The highest BCUT2D eigenvalue weighted by Gasteiger charge is 2.20. The Kier molecular flexibility index (Phi) is 6.39. The standard InChI is InChI=1S/C3H8N2O2.BF4/c1-2-5(4)3(6)7;2-1(3,4)5/h2,4H2,1H3,(H,6,7);/q;-1. The Morgan fingerprint density at radius 2 is 1.75 bits per heavy atom. The first kappa shape index (κ1) is 13.6. The van der Waals surface area contributed by atoms with Gasteiger partial charge in [0.05, 0.1) is 0 Å². The van der Waals surface area contributed by atoms with Crippen LogP contribution in [0, 0.1) is 0 Å². The van der Waals surface area contributed by atoms with E-state index in [2.05, 4.69) is 0 Å². The van der Waals surface area contributed by atoms with Crippen LogP contribution in [0.3, 0.4) is 0 Å². The van der Waals surface area contributed by atoms with Gasteiger partial charge in [0.15, 0.2) is 0 Å². The zero-order valence-electron chi connectivity index (χ0n) is 6.18. The Bertz CT molecular complexity index is 135. The molecule has 74 valence electrons. The van der Waals surface area contributed by atoms with E-state index < -0.39 is 13.3 Å². The van der Waals surface area contributed by atoms with Crippen LogP contribution in [0.2, 0.25) is 0 Å². The predicted molar refractivity (Wildman–Crippen MR) is 34.8 cm³/mol. The lowest BCUT2D eigenvalue weighted by Gasteiger charge is -2.06. The van der Waals surface area contributed by atoms with Gasteiger partial charge in [-0.15, -0.1) is 0 Å². The van der Waals surface area contributed by atoms with Gasteiger partial charge in [0.25, 0.3) is 0 Å². The van der Waals surface area contributed by atoms with Crippen molar-refractivity contribution in [2.24, 2.45) is 5.84 Å². The molecule has 0 spiro atoms. The maximum Gasteiger partial charge on any atom is 0.673 e. The highest BCUT2D eigenvalue weighted by Crippen LogP contribution is 2.06. The molecule has 1 amide bonds. The van der Waals surface area contributed by atoms with Crippen LogP contribution in [0.1, 0.15) is 6.92 Å². The number of nitrogens with two attached hydrogens (primary N) is 1. The summed E-state index contributed by atoms with van der Waals surface area (Å²) in [5, 5.41) is 8.69. The van der Waals surface area contributed by atoms with Gasteiger partial charge in [-0.1, -0.05) is 0 Å². The van der Waals surface area contributed by atoms with E-state index in [1.807, 2.05) is 0 Å². The van der Waals surface area contributed by atoms with Gasteiger partial charge in [-0.2, -0.15) is 0 Å². The highest BCUT2D eigenvalue weighted by atomic mass is 19.5.